The van der Waals surface area contributed by atoms with Crippen molar-refractivity contribution in [3.8, 4) is 0 Å². The molecule has 0 aromatic heterocycles. The maximum Gasteiger partial charge on any atom is 0.326 e. The van der Waals surface area contributed by atoms with Crippen LogP contribution in [0.5, 0.6) is 0 Å². The van der Waals surface area contributed by atoms with Crippen LogP contribution in [0, 0.1) is 5.92 Å². The van der Waals surface area contributed by atoms with Gasteiger partial charge in [0.15, 0.2) is 0 Å². The number of unbranched alkanes of at least 4 members (excludes halogenated alkanes) is 1. The molecule has 4 atom stereocenters. The molecule has 0 aliphatic carbocycles. The first-order valence-corrected chi connectivity index (χ1v) is 10.6. The van der Waals surface area contributed by atoms with E-state index in [9.17, 15) is 29.1 Å². The second kappa shape index (κ2) is 14.6. The highest BCUT2D eigenvalue weighted by Crippen LogP contribution is 2.06. The minimum absolute atomic E-state index is 0.0570. The Morgan fingerprint density at radius 2 is 1.48 bits per heavy atom. The van der Waals surface area contributed by atoms with Crippen LogP contribution >= 0.6 is 12.6 Å². The summed E-state index contributed by atoms with van der Waals surface area (Å²) in [5.41, 5.74) is 16.3. The lowest BCUT2D eigenvalue weighted by Crippen LogP contribution is -2.58. The minimum Gasteiger partial charge on any atom is -0.480 e. The van der Waals surface area contributed by atoms with E-state index in [0.29, 0.717) is 19.4 Å². The molecule has 178 valence electrons. The Bertz CT molecular complexity index is 647. The van der Waals surface area contributed by atoms with Gasteiger partial charge in [0.1, 0.15) is 18.1 Å². The number of thiol groups is 1. The number of carboxylic acids is 1. The van der Waals surface area contributed by atoms with E-state index >= 15 is 0 Å². The van der Waals surface area contributed by atoms with Crippen LogP contribution in [-0.2, 0) is 24.0 Å². The molecule has 4 amide bonds. The Labute approximate surface area is 186 Å². The smallest absolute Gasteiger partial charge is 0.326 e. The summed E-state index contributed by atoms with van der Waals surface area (Å²) in [6, 6.07) is -4.64. The molecule has 0 heterocycles. The van der Waals surface area contributed by atoms with Gasteiger partial charge in [-0.15, -0.1) is 0 Å². The Morgan fingerprint density at radius 1 is 0.935 bits per heavy atom. The lowest BCUT2D eigenvalue weighted by molar-refractivity contribution is -0.143. The first-order chi connectivity index (χ1) is 14.4. The van der Waals surface area contributed by atoms with Crippen LogP contribution in [0.4, 0.5) is 0 Å². The summed E-state index contributed by atoms with van der Waals surface area (Å²) >= 11 is 3.94. The lowest BCUT2D eigenvalue weighted by Gasteiger charge is -2.25. The topological polar surface area (TPSA) is 220 Å². The molecule has 0 aromatic rings. The van der Waals surface area contributed by atoms with Crippen LogP contribution < -0.4 is 33.2 Å². The summed E-state index contributed by atoms with van der Waals surface area (Å²) in [6.07, 6.45) is 0.759. The van der Waals surface area contributed by atoms with Crippen molar-refractivity contribution in [1.82, 2.24) is 16.0 Å². The molecule has 0 rings (SSSR count). The van der Waals surface area contributed by atoms with Crippen molar-refractivity contribution in [2.45, 2.75) is 63.7 Å². The van der Waals surface area contributed by atoms with E-state index in [2.05, 4.69) is 28.6 Å². The molecule has 12 nitrogen and oxygen atoms in total. The Hall–Kier alpha value is -2.38. The van der Waals surface area contributed by atoms with E-state index in [1.165, 1.54) is 0 Å². The predicted octanol–water partition coefficient (Wildman–Crippen LogP) is -2.56. The monoisotopic (exact) mass is 462 g/mol. The highest BCUT2D eigenvalue weighted by molar-refractivity contribution is 7.80. The van der Waals surface area contributed by atoms with Gasteiger partial charge in [-0.05, 0) is 31.7 Å². The number of aliphatic carboxylic acids is 1. The molecule has 31 heavy (non-hydrogen) atoms. The summed E-state index contributed by atoms with van der Waals surface area (Å²) in [6.45, 7) is 3.57. The lowest BCUT2D eigenvalue weighted by atomic mass is 10.0. The number of primary amides is 1. The first kappa shape index (κ1) is 28.6. The van der Waals surface area contributed by atoms with Crippen LogP contribution in [0.2, 0.25) is 0 Å². The van der Waals surface area contributed by atoms with Crippen molar-refractivity contribution in [3.05, 3.63) is 0 Å². The van der Waals surface area contributed by atoms with E-state index < -0.39 is 66.1 Å². The van der Waals surface area contributed by atoms with E-state index in [-0.39, 0.29) is 12.2 Å². The number of carbonyl (C=O) groups is 5. The van der Waals surface area contributed by atoms with Gasteiger partial charge < -0.3 is 38.3 Å². The van der Waals surface area contributed by atoms with Gasteiger partial charge in [0.25, 0.3) is 0 Å². The number of nitrogens with one attached hydrogen (secondary N) is 3. The number of nitrogens with two attached hydrogens (primary N) is 3. The molecule has 0 aromatic carbocycles. The number of rotatable bonds is 15. The molecule has 10 N–H and O–H groups in total. The van der Waals surface area contributed by atoms with Gasteiger partial charge in [0, 0.05) is 5.75 Å². The zero-order chi connectivity index (χ0) is 24.1. The molecule has 0 saturated carbocycles. The van der Waals surface area contributed by atoms with E-state index in [1.54, 1.807) is 13.8 Å². The highest BCUT2D eigenvalue weighted by atomic mass is 32.1. The van der Waals surface area contributed by atoms with Gasteiger partial charge in [0.2, 0.25) is 23.6 Å². The molecule has 0 spiro atoms. The van der Waals surface area contributed by atoms with E-state index in [1.807, 2.05) is 0 Å². The zero-order valence-electron chi connectivity index (χ0n) is 17.8. The van der Waals surface area contributed by atoms with Gasteiger partial charge in [-0.1, -0.05) is 13.8 Å². The molecule has 0 aliphatic rings. The van der Waals surface area contributed by atoms with Gasteiger partial charge in [-0.3, -0.25) is 19.2 Å². The molecule has 0 aliphatic heterocycles. The van der Waals surface area contributed by atoms with Gasteiger partial charge >= 0.3 is 5.97 Å². The van der Waals surface area contributed by atoms with Gasteiger partial charge in [-0.2, -0.15) is 12.6 Å². The third-order valence-electron chi connectivity index (χ3n) is 4.38. The quantitative estimate of drug-likeness (QED) is 0.0953. The minimum atomic E-state index is -1.42. The molecule has 4 unspecified atom stereocenters. The van der Waals surface area contributed by atoms with Crippen LogP contribution in [0.25, 0.3) is 0 Å². The zero-order valence-corrected chi connectivity index (χ0v) is 18.7. The molecular formula is C18H34N6O6S. The van der Waals surface area contributed by atoms with Crippen molar-refractivity contribution in [2.75, 3.05) is 12.3 Å². The number of hydrogen-bond acceptors (Lipinski definition) is 8. The third-order valence-corrected chi connectivity index (χ3v) is 4.78. The molecule has 0 saturated heterocycles. The van der Waals surface area contributed by atoms with Crippen LogP contribution in [-0.4, -0.2) is 71.2 Å². The molecule has 0 bridgehead atoms. The largest absolute Gasteiger partial charge is 0.480 e. The molecular weight excluding hydrogens is 428 g/mol. The Morgan fingerprint density at radius 3 is 1.94 bits per heavy atom. The fraction of sp³-hybridized carbons (Fsp3) is 0.722. The van der Waals surface area contributed by atoms with Gasteiger partial charge in [-0.25, -0.2) is 4.79 Å². The van der Waals surface area contributed by atoms with Crippen molar-refractivity contribution >= 4 is 42.2 Å². The molecule has 13 heteroatoms. The fourth-order valence-corrected chi connectivity index (χ4v) is 2.74. The maximum atomic E-state index is 12.8. The summed E-state index contributed by atoms with van der Waals surface area (Å²) in [7, 11) is 0. The fourth-order valence-electron chi connectivity index (χ4n) is 2.57. The van der Waals surface area contributed by atoms with Crippen LogP contribution in [0.1, 0.15) is 39.5 Å². The third kappa shape index (κ3) is 11.0. The SMILES string of the molecule is CC(C)C(NC(=O)C(CC(N)=O)NC(=O)C(CCCCN)NC(=O)C(N)CS)C(=O)O. The van der Waals surface area contributed by atoms with E-state index in [0.717, 1.165) is 0 Å². The van der Waals surface area contributed by atoms with Crippen molar-refractivity contribution < 1.29 is 29.1 Å². The summed E-state index contributed by atoms with van der Waals surface area (Å²) in [5.74, 6) is -4.76. The number of hydrogen-bond donors (Lipinski definition) is 8. The maximum absolute atomic E-state index is 12.8. The normalized spacial score (nSPS) is 14.8. The van der Waals surface area contributed by atoms with E-state index in [4.69, 9.17) is 17.2 Å². The molecule has 0 radical (unpaired) electrons. The van der Waals surface area contributed by atoms with Crippen molar-refractivity contribution in [1.29, 1.82) is 0 Å². The average molecular weight is 463 g/mol. The second-order valence-corrected chi connectivity index (χ2v) is 7.80. The van der Waals surface area contributed by atoms with Crippen molar-refractivity contribution in [3.63, 3.8) is 0 Å². The summed E-state index contributed by atoms with van der Waals surface area (Å²) in [5, 5.41) is 16.4. The Balaban J connectivity index is 5.46. The Kier molecular flexibility index (Phi) is 13.5. The van der Waals surface area contributed by atoms with Crippen LogP contribution in [0.3, 0.4) is 0 Å². The first-order valence-electron chi connectivity index (χ1n) is 9.93. The van der Waals surface area contributed by atoms with Crippen LogP contribution in [0.15, 0.2) is 0 Å². The van der Waals surface area contributed by atoms with Crippen molar-refractivity contribution in [2.24, 2.45) is 23.1 Å². The number of carbonyl (C=O) groups excluding carboxylic acids is 4. The average Bonchev–Trinajstić information content (AvgIpc) is 2.68. The number of amides is 4. The standard InChI is InChI=1S/C18H34N6O6S/c1-9(2)14(18(29)30)24-17(28)12(7-13(21)25)23-16(27)11(5-3-4-6-19)22-15(26)10(20)8-31/h9-12,14,31H,3-8,19-20H2,1-2H3,(H2,21,25)(H,22,26)(H,23,27)(H,24,28)(H,29,30). The summed E-state index contributed by atoms with van der Waals surface area (Å²) in [4.78, 5) is 60.2. The number of carboxylic acid groups (broad SMARTS) is 1. The highest BCUT2D eigenvalue weighted by Gasteiger charge is 2.31. The van der Waals surface area contributed by atoms with Gasteiger partial charge in [0.05, 0.1) is 12.5 Å². The molecule has 0 fully saturated rings. The second-order valence-electron chi connectivity index (χ2n) is 7.43. The summed E-state index contributed by atoms with van der Waals surface area (Å²) < 4.78 is 0. The predicted molar refractivity (Wildman–Crippen MR) is 117 cm³/mol.